The molecule has 1 aliphatic heterocycles. The van der Waals surface area contributed by atoms with Crippen molar-refractivity contribution in [1.29, 1.82) is 0 Å². The van der Waals surface area contributed by atoms with E-state index in [0.29, 0.717) is 5.92 Å². The maximum Gasteiger partial charge on any atom is 0.190 e. The Kier molecular flexibility index (Phi) is 7.09. The van der Waals surface area contributed by atoms with Crippen LogP contribution in [0.25, 0.3) is 0 Å². The fraction of sp³-hybridized carbons (Fsp3) is 0.476. The van der Waals surface area contributed by atoms with Crippen molar-refractivity contribution < 1.29 is 0 Å². The number of hydrogen-bond acceptors (Lipinski definition) is 3. The third kappa shape index (κ3) is 5.32. The molecule has 2 aromatic rings. The molecule has 0 saturated carbocycles. The lowest BCUT2D eigenvalue weighted by molar-refractivity contribution is 0.251. The Hall–Kier alpha value is -1.85. The van der Waals surface area contributed by atoms with E-state index in [2.05, 4.69) is 69.2 Å². The Morgan fingerprint density at radius 1 is 1.19 bits per heavy atom. The van der Waals surface area contributed by atoms with Gasteiger partial charge in [0.05, 0.1) is 0 Å². The van der Waals surface area contributed by atoms with Crippen LogP contribution in [0.4, 0.5) is 0 Å². The normalized spacial score (nSPS) is 16.2. The first-order valence-corrected chi connectivity index (χ1v) is 10.4. The Labute approximate surface area is 161 Å². The second-order valence-electron chi connectivity index (χ2n) is 6.94. The van der Waals surface area contributed by atoms with E-state index in [9.17, 15) is 0 Å². The van der Waals surface area contributed by atoms with Gasteiger partial charge in [-0.25, -0.2) is 0 Å². The molecule has 0 aliphatic carbocycles. The third-order valence-electron chi connectivity index (χ3n) is 4.98. The lowest BCUT2D eigenvalue weighted by atomic mass is 10.00. The van der Waals surface area contributed by atoms with Gasteiger partial charge in [-0.1, -0.05) is 37.3 Å². The van der Waals surface area contributed by atoms with Gasteiger partial charge in [-0.2, -0.15) is 0 Å². The minimum atomic E-state index is 0.502. The van der Waals surface area contributed by atoms with Crippen molar-refractivity contribution in [2.24, 2.45) is 4.99 Å². The van der Waals surface area contributed by atoms with Crippen molar-refractivity contribution in [3.05, 3.63) is 57.8 Å². The van der Waals surface area contributed by atoms with E-state index in [1.165, 1.54) is 29.0 Å². The monoisotopic (exact) mass is 370 g/mol. The molecule has 140 valence electrons. The SMILES string of the molecule is CN=C(NCCCN1CCc2ccccc2C1)NCC(C)c1cccs1. The summed E-state index contributed by atoms with van der Waals surface area (Å²) in [6.45, 7) is 7.49. The highest BCUT2D eigenvalue weighted by atomic mass is 32.1. The standard InChI is InChI=1S/C21H30N4S/c1-17(20-9-5-14-26-20)15-24-21(22-2)23-11-6-12-25-13-10-18-7-3-4-8-19(18)16-25/h3-5,7-9,14,17H,6,10-13,15-16H2,1-2H3,(H2,22,23,24). The van der Waals surface area contributed by atoms with Gasteiger partial charge in [0.2, 0.25) is 0 Å². The zero-order valence-electron chi connectivity index (χ0n) is 15.9. The summed E-state index contributed by atoms with van der Waals surface area (Å²) in [6, 6.07) is 13.1. The lowest BCUT2D eigenvalue weighted by Crippen LogP contribution is -2.40. The zero-order valence-corrected chi connectivity index (χ0v) is 16.7. The van der Waals surface area contributed by atoms with Crippen LogP contribution in [-0.4, -0.2) is 44.1 Å². The Morgan fingerprint density at radius 2 is 2.04 bits per heavy atom. The van der Waals surface area contributed by atoms with Gasteiger partial charge in [0, 0.05) is 50.6 Å². The van der Waals surface area contributed by atoms with E-state index < -0.39 is 0 Å². The van der Waals surface area contributed by atoms with Crippen molar-refractivity contribution in [2.45, 2.75) is 32.2 Å². The summed E-state index contributed by atoms with van der Waals surface area (Å²) >= 11 is 1.82. The van der Waals surface area contributed by atoms with Crippen LogP contribution in [0.3, 0.4) is 0 Å². The van der Waals surface area contributed by atoms with Crippen molar-refractivity contribution in [3.8, 4) is 0 Å². The zero-order chi connectivity index (χ0) is 18.2. The number of rotatable bonds is 7. The van der Waals surface area contributed by atoms with Crippen LogP contribution in [0.15, 0.2) is 46.8 Å². The highest BCUT2D eigenvalue weighted by Gasteiger charge is 2.15. The first kappa shape index (κ1) is 18.9. The van der Waals surface area contributed by atoms with Crippen molar-refractivity contribution >= 4 is 17.3 Å². The summed E-state index contributed by atoms with van der Waals surface area (Å²) in [5.74, 6) is 1.40. The molecule has 1 atom stereocenters. The minimum absolute atomic E-state index is 0.502. The van der Waals surface area contributed by atoms with Gasteiger partial charge in [-0.05, 0) is 35.4 Å². The van der Waals surface area contributed by atoms with Crippen LogP contribution >= 0.6 is 11.3 Å². The number of hydrogen-bond donors (Lipinski definition) is 2. The molecule has 3 rings (SSSR count). The number of nitrogens with one attached hydrogen (secondary N) is 2. The van der Waals surface area contributed by atoms with Crippen molar-refractivity contribution in [3.63, 3.8) is 0 Å². The molecule has 1 aromatic heterocycles. The smallest absolute Gasteiger partial charge is 0.190 e. The summed E-state index contributed by atoms with van der Waals surface area (Å²) in [7, 11) is 1.84. The molecule has 1 unspecified atom stereocenters. The highest BCUT2D eigenvalue weighted by Crippen LogP contribution is 2.20. The number of benzene rings is 1. The van der Waals surface area contributed by atoms with Gasteiger partial charge in [0.1, 0.15) is 0 Å². The van der Waals surface area contributed by atoms with E-state index in [1.807, 2.05) is 18.4 Å². The summed E-state index contributed by atoms with van der Waals surface area (Å²) in [5, 5.41) is 9.02. The minimum Gasteiger partial charge on any atom is -0.356 e. The molecule has 4 nitrogen and oxygen atoms in total. The number of nitrogens with zero attached hydrogens (tertiary/aromatic N) is 2. The molecule has 5 heteroatoms. The first-order valence-electron chi connectivity index (χ1n) is 9.53. The number of thiophene rings is 1. The van der Waals surface area contributed by atoms with Crippen LogP contribution in [0.2, 0.25) is 0 Å². The van der Waals surface area contributed by atoms with Gasteiger partial charge >= 0.3 is 0 Å². The molecular weight excluding hydrogens is 340 g/mol. The summed E-state index contributed by atoms with van der Waals surface area (Å²) in [4.78, 5) is 8.31. The topological polar surface area (TPSA) is 39.7 Å². The Morgan fingerprint density at radius 3 is 2.81 bits per heavy atom. The average molecular weight is 371 g/mol. The predicted octanol–water partition coefficient (Wildman–Crippen LogP) is 3.47. The molecule has 0 radical (unpaired) electrons. The Bertz CT molecular complexity index is 696. The van der Waals surface area contributed by atoms with Crippen LogP contribution < -0.4 is 10.6 Å². The summed E-state index contributed by atoms with van der Waals surface area (Å²) in [6.07, 6.45) is 2.30. The molecule has 0 bridgehead atoms. The molecule has 26 heavy (non-hydrogen) atoms. The van der Waals surface area contributed by atoms with Gasteiger partial charge in [-0.15, -0.1) is 11.3 Å². The molecule has 2 N–H and O–H groups in total. The van der Waals surface area contributed by atoms with Crippen molar-refractivity contribution in [1.82, 2.24) is 15.5 Å². The van der Waals surface area contributed by atoms with Crippen LogP contribution in [0.1, 0.15) is 35.3 Å². The van der Waals surface area contributed by atoms with E-state index in [1.54, 1.807) is 0 Å². The van der Waals surface area contributed by atoms with Gasteiger partial charge in [0.25, 0.3) is 0 Å². The third-order valence-corrected chi connectivity index (χ3v) is 6.09. The lowest BCUT2D eigenvalue weighted by Gasteiger charge is -2.28. The molecule has 0 saturated heterocycles. The largest absolute Gasteiger partial charge is 0.356 e. The van der Waals surface area contributed by atoms with E-state index >= 15 is 0 Å². The second kappa shape index (κ2) is 9.74. The molecule has 0 amide bonds. The summed E-state index contributed by atoms with van der Waals surface area (Å²) < 4.78 is 0. The molecule has 0 spiro atoms. The fourth-order valence-electron chi connectivity index (χ4n) is 3.40. The van der Waals surface area contributed by atoms with Crippen molar-refractivity contribution in [2.75, 3.05) is 33.2 Å². The van der Waals surface area contributed by atoms with Gasteiger partial charge in [0.15, 0.2) is 5.96 Å². The molecule has 1 aliphatic rings. The van der Waals surface area contributed by atoms with Crippen LogP contribution in [0, 0.1) is 0 Å². The number of fused-ring (bicyclic) bond motifs is 1. The summed E-state index contributed by atoms with van der Waals surface area (Å²) in [5.41, 5.74) is 3.01. The molecular formula is C21H30N4S. The molecule has 1 aromatic carbocycles. The average Bonchev–Trinajstić information content (AvgIpc) is 3.22. The maximum atomic E-state index is 4.34. The van der Waals surface area contributed by atoms with Crippen LogP contribution in [-0.2, 0) is 13.0 Å². The van der Waals surface area contributed by atoms with E-state index in [4.69, 9.17) is 0 Å². The molecule has 2 heterocycles. The fourth-order valence-corrected chi connectivity index (χ4v) is 4.18. The van der Waals surface area contributed by atoms with E-state index in [-0.39, 0.29) is 0 Å². The van der Waals surface area contributed by atoms with Gasteiger partial charge in [-0.3, -0.25) is 9.89 Å². The van der Waals surface area contributed by atoms with Gasteiger partial charge < -0.3 is 10.6 Å². The molecule has 0 fully saturated rings. The Balaban J connectivity index is 1.34. The van der Waals surface area contributed by atoms with Crippen LogP contribution in [0.5, 0.6) is 0 Å². The quantitative estimate of drug-likeness (QED) is 0.445. The van der Waals surface area contributed by atoms with E-state index in [0.717, 1.165) is 38.6 Å². The number of aliphatic imine (C=N–C) groups is 1. The highest BCUT2D eigenvalue weighted by molar-refractivity contribution is 7.10. The number of guanidine groups is 1. The first-order chi connectivity index (χ1) is 12.8. The second-order valence-corrected chi connectivity index (χ2v) is 7.92. The predicted molar refractivity (Wildman–Crippen MR) is 112 cm³/mol. The maximum absolute atomic E-state index is 4.34.